The summed E-state index contributed by atoms with van der Waals surface area (Å²) in [6, 6.07) is 13.8. The van der Waals surface area contributed by atoms with Gasteiger partial charge in [-0.3, -0.25) is 14.3 Å². The van der Waals surface area contributed by atoms with E-state index < -0.39 is 36.8 Å². The number of halogens is 1. The molecule has 2 aromatic carbocycles. The van der Waals surface area contributed by atoms with E-state index in [9.17, 15) is 18.7 Å². The van der Waals surface area contributed by atoms with Gasteiger partial charge in [0.1, 0.15) is 5.75 Å². The Morgan fingerprint density at radius 1 is 1.15 bits per heavy atom. The van der Waals surface area contributed by atoms with Crippen molar-refractivity contribution in [3.05, 3.63) is 77.6 Å². The maximum Gasteiger partial charge on any atom is 0.281 e. The van der Waals surface area contributed by atoms with Crippen molar-refractivity contribution in [3.8, 4) is 5.75 Å². The first-order valence-electron chi connectivity index (χ1n) is 9.74. The fourth-order valence-corrected chi connectivity index (χ4v) is 4.96. The zero-order valence-electron chi connectivity index (χ0n) is 17.5. The van der Waals surface area contributed by atoms with Crippen LogP contribution in [-0.2, 0) is 15.8 Å². The molecule has 0 saturated carbocycles. The molecule has 1 aliphatic rings. The van der Waals surface area contributed by atoms with Gasteiger partial charge >= 0.3 is 0 Å². The van der Waals surface area contributed by atoms with Crippen molar-refractivity contribution in [2.24, 2.45) is 5.10 Å². The van der Waals surface area contributed by atoms with E-state index in [1.807, 2.05) is 0 Å². The summed E-state index contributed by atoms with van der Waals surface area (Å²) in [6.45, 7) is 1.54. The molecule has 1 aromatic heterocycles. The minimum atomic E-state index is -2.33. The Labute approximate surface area is 203 Å². The molecule has 0 radical (unpaired) electrons. The minimum absolute atomic E-state index is 0.215. The first kappa shape index (κ1) is 23.9. The van der Waals surface area contributed by atoms with E-state index in [0.29, 0.717) is 9.92 Å². The second kappa shape index (κ2) is 10.4. The lowest BCUT2D eigenvalue weighted by molar-refractivity contribution is -0.126. The topological polar surface area (TPSA) is 134 Å². The van der Waals surface area contributed by atoms with Crippen molar-refractivity contribution in [1.82, 2.24) is 15.0 Å². The maximum atomic E-state index is 12.8. The zero-order valence-corrected chi connectivity index (χ0v) is 20.0. The summed E-state index contributed by atoms with van der Waals surface area (Å²) < 4.78 is 20.6. The Bertz CT molecular complexity index is 1260. The Morgan fingerprint density at radius 2 is 1.79 bits per heavy atom. The van der Waals surface area contributed by atoms with Crippen LogP contribution in [0.4, 0.5) is 5.95 Å². The molecule has 0 bridgehead atoms. The van der Waals surface area contributed by atoms with E-state index in [1.54, 1.807) is 18.2 Å². The number of anilines is 1. The third-order valence-corrected chi connectivity index (χ3v) is 7.34. The SMILES string of the molecule is CC1=NN(C(=O)c2ccc(Cl)cc2)C(=O)C1P(O)Oc1ccc(S(=O)Nc2ncccn2)cc1. The number of amides is 2. The number of benzene rings is 2. The molecular weight excluding hydrogens is 501 g/mol. The lowest BCUT2D eigenvalue weighted by atomic mass is 10.2. The standard InChI is InChI=1S/C21H17ClN5O5PS/c1-13-18(20(29)27(25-13)19(28)14-3-5-15(22)6-4-14)33(30)32-16-7-9-17(10-8-16)34(31)26-21-23-11-2-12-24-21/h2-12,18,30H,1H3,(H,23,24,26). The number of aromatic nitrogens is 2. The van der Waals surface area contributed by atoms with Crippen LogP contribution in [-0.4, -0.2) is 47.3 Å². The van der Waals surface area contributed by atoms with E-state index in [2.05, 4.69) is 19.8 Å². The Balaban J connectivity index is 1.40. The smallest absolute Gasteiger partial charge is 0.281 e. The van der Waals surface area contributed by atoms with Gasteiger partial charge in [-0.2, -0.15) is 10.1 Å². The quantitative estimate of drug-likeness (QED) is 0.362. The number of carbonyl (C=O) groups excluding carboxylic acids is 2. The third kappa shape index (κ3) is 5.28. The molecule has 13 heteroatoms. The summed E-state index contributed by atoms with van der Waals surface area (Å²) in [5.41, 5.74) is -0.612. The van der Waals surface area contributed by atoms with Crippen LogP contribution >= 0.6 is 20.0 Å². The van der Waals surface area contributed by atoms with Gasteiger partial charge in [0.2, 0.25) is 14.3 Å². The molecule has 0 aliphatic carbocycles. The summed E-state index contributed by atoms with van der Waals surface area (Å²) in [4.78, 5) is 44.4. The van der Waals surface area contributed by atoms with Gasteiger partial charge in [-0.05, 0) is 61.5 Å². The van der Waals surface area contributed by atoms with Crippen molar-refractivity contribution in [1.29, 1.82) is 0 Å². The van der Waals surface area contributed by atoms with Crippen molar-refractivity contribution in [2.75, 3.05) is 4.72 Å². The average molecular weight is 518 g/mol. The van der Waals surface area contributed by atoms with Gasteiger partial charge in [-0.15, -0.1) is 0 Å². The van der Waals surface area contributed by atoms with E-state index >= 15 is 0 Å². The van der Waals surface area contributed by atoms with E-state index in [1.165, 1.54) is 55.7 Å². The molecule has 4 rings (SSSR count). The Kier molecular flexibility index (Phi) is 7.28. The van der Waals surface area contributed by atoms with Crippen molar-refractivity contribution in [3.63, 3.8) is 0 Å². The van der Waals surface area contributed by atoms with Crippen LogP contribution in [0.3, 0.4) is 0 Å². The van der Waals surface area contributed by atoms with Crippen LogP contribution in [0, 0.1) is 0 Å². The van der Waals surface area contributed by atoms with E-state index in [-0.39, 0.29) is 23.0 Å². The number of carbonyl (C=O) groups is 2. The molecule has 10 nitrogen and oxygen atoms in total. The molecule has 1 aliphatic heterocycles. The number of nitrogens with zero attached hydrogens (tertiary/aromatic N) is 4. The molecule has 0 saturated heterocycles. The van der Waals surface area contributed by atoms with E-state index in [4.69, 9.17) is 16.1 Å². The van der Waals surface area contributed by atoms with Crippen molar-refractivity contribution >= 4 is 54.4 Å². The molecule has 3 unspecified atom stereocenters. The fourth-order valence-electron chi connectivity index (χ4n) is 2.95. The molecule has 2 heterocycles. The van der Waals surface area contributed by atoms with Crippen LogP contribution in [0.25, 0.3) is 0 Å². The molecular formula is C21H17ClN5O5PS. The number of rotatable bonds is 7. The molecule has 3 atom stereocenters. The van der Waals surface area contributed by atoms with Gasteiger partial charge in [0, 0.05) is 23.0 Å². The van der Waals surface area contributed by atoms with Gasteiger partial charge in [0.25, 0.3) is 11.8 Å². The number of hydrogen-bond donors (Lipinski definition) is 2. The summed E-state index contributed by atoms with van der Waals surface area (Å²) >= 11 is 5.84. The third-order valence-electron chi connectivity index (χ3n) is 4.59. The van der Waals surface area contributed by atoms with Gasteiger partial charge in [-0.25, -0.2) is 14.2 Å². The Morgan fingerprint density at radius 3 is 2.44 bits per heavy atom. The molecule has 0 fully saturated rings. The van der Waals surface area contributed by atoms with Crippen LogP contribution in [0.15, 0.2) is 77.0 Å². The highest BCUT2D eigenvalue weighted by molar-refractivity contribution is 7.86. The van der Waals surface area contributed by atoms with Crippen molar-refractivity contribution in [2.45, 2.75) is 17.5 Å². The lowest BCUT2D eigenvalue weighted by Crippen LogP contribution is -2.35. The minimum Gasteiger partial charge on any atom is -0.446 e. The average Bonchev–Trinajstić information content (AvgIpc) is 3.14. The lowest BCUT2D eigenvalue weighted by Gasteiger charge is -2.18. The molecule has 2 amide bonds. The summed E-state index contributed by atoms with van der Waals surface area (Å²) in [7, 11) is -3.95. The molecule has 34 heavy (non-hydrogen) atoms. The molecule has 3 aromatic rings. The van der Waals surface area contributed by atoms with Gasteiger partial charge in [-0.1, -0.05) is 11.6 Å². The van der Waals surface area contributed by atoms with Crippen molar-refractivity contribution < 1.29 is 23.2 Å². The molecule has 2 N–H and O–H groups in total. The second-order valence-electron chi connectivity index (χ2n) is 6.91. The highest BCUT2D eigenvalue weighted by Gasteiger charge is 2.44. The van der Waals surface area contributed by atoms with E-state index in [0.717, 1.165) is 5.01 Å². The summed E-state index contributed by atoms with van der Waals surface area (Å²) in [5, 5.41) is 5.20. The highest BCUT2D eigenvalue weighted by atomic mass is 35.5. The summed E-state index contributed by atoms with van der Waals surface area (Å²) in [6.07, 6.45) is 3.04. The Hall–Kier alpha value is -3.24. The zero-order chi connectivity index (χ0) is 24.2. The fraction of sp³-hybridized carbons (Fsp3) is 0.0952. The van der Waals surface area contributed by atoms with Gasteiger partial charge < -0.3 is 9.42 Å². The van der Waals surface area contributed by atoms with Crippen LogP contribution in [0.2, 0.25) is 5.02 Å². The molecule has 174 valence electrons. The predicted molar refractivity (Wildman–Crippen MR) is 128 cm³/mol. The number of hydrazone groups is 1. The van der Waals surface area contributed by atoms with Gasteiger partial charge in [0.05, 0.1) is 10.6 Å². The first-order chi connectivity index (χ1) is 16.3. The highest BCUT2D eigenvalue weighted by Crippen LogP contribution is 2.43. The van der Waals surface area contributed by atoms with Crippen LogP contribution in [0.5, 0.6) is 5.75 Å². The maximum absolute atomic E-state index is 12.8. The second-order valence-corrected chi connectivity index (χ2v) is 9.87. The normalized spacial score (nSPS) is 17.1. The predicted octanol–water partition coefficient (Wildman–Crippen LogP) is 3.37. The monoisotopic (exact) mass is 517 g/mol. The molecule has 0 spiro atoms. The summed E-state index contributed by atoms with van der Waals surface area (Å²) in [5.74, 6) is -0.842. The number of nitrogens with one attached hydrogen (secondary N) is 1. The van der Waals surface area contributed by atoms with Crippen LogP contribution < -0.4 is 9.25 Å². The largest absolute Gasteiger partial charge is 0.446 e. The first-order valence-corrected chi connectivity index (χ1v) is 12.5. The van der Waals surface area contributed by atoms with Crippen LogP contribution in [0.1, 0.15) is 17.3 Å². The van der Waals surface area contributed by atoms with Gasteiger partial charge in [0.15, 0.2) is 16.6 Å². The number of imide groups is 1. The number of hydrogen-bond acceptors (Lipinski definition) is 8.